The second-order valence-corrected chi connectivity index (χ2v) is 8.48. The fraction of sp³-hybridized carbons (Fsp3) is 0.391. The number of carbonyl (C=O) groups excluding carboxylic acids is 1. The molecule has 1 aromatic heterocycles. The molecule has 1 aliphatic heterocycles. The quantitative estimate of drug-likeness (QED) is 0.600. The average molecular weight is 427 g/mol. The molecule has 0 radical (unpaired) electrons. The lowest BCUT2D eigenvalue weighted by atomic mass is 10.1. The van der Waals surface area contributed by atoms with Crippen molar-refractivity contribution in [2.24, 2.45) is 0 Å². The number of amides is 1. The van der Waals surface area contributed by atoms with Crippen molar-refractivity contribution in [1.82, 2.24) is 4.98 Å². The summed E-state index contributed by atoms with van der Waals surface area (Å²) in [6.45, 7) is 5.13. The maximum absolute atomic E-state index is 13.2. The molecule has 1 fully saturated rings. The number of nitrogens with zero attached hydrogens (tertiary/aromatic N) is 2. The number of rotatable bonds is 8. The minimum Gasteiger partial charge on any atom is -0.497 e. The number of anilines is 1. The van der Waals surface area contributed by atoms with E-state index in [9.17, 15) is 4.79 Å². The first-order chi connectivity index (χ1) is 14.7. The zero-order chi connectivity index (χ0) is 20.8. The minimum atomic E-state index is 0.123. The molecule has 4 rings (SSSR count). The Hall–Kier alpha value is -2.48. The molecule has 3 aromatic rings. The van der Waals surface area contributed by atoms with Crippen LogP contribution in [0.25, 0.3) is 10.2 Å². The smallest absolute Gasteiger partial charge is 0.229 e. The highest BCUT2D eigenvalue weighted by Gasteiger charge is 2.23. The molecule has 0 bridgehead atoms. The van der Waals surface area contributed by atoms with Crippen molar-refractivity contribution in [3.05, 3.63) is 54.1 Å². The van der Waals surface area contributed by atoms with Crippen LogP contribution in [0.2, 0.25) is 0 Å². The number of nitrogens with one attached hydrogen (secondary N) is 1. The molecular weight excluding hydrogens is 398 g/mol. The van der Waals surface area contributed by atoms with Crippen LogP contribution < -0.4 is 14.5 Å². The van der Waals surface area contributed by atoms with E-state index in [4.69, 9.17) is 14.5 Å². The van der Waals surface area contributed by atoms with Gasteiger partial charge in [-0.25, -0.2) is 4.98 Å². The van der Waals surface area contributed by atoms with Crippen molar-refractivity contribution in [1.29, 1.82) is 0 Å². The highest BCUT2D eigenvalue weighted by atomic mass is 32.1. The predicted molar refractivity (Wildman–Crippen MR) is 120 cm³/mol. The van der Waals surface area contributed by atoms with E-state index in [1.165, 1.54) is 10.5 Å². The van der Waals surface area contributed by atoms with E-state index in [1.807, 2.05) is 41.3 Å². The van der Waals surface area contributed by atoms with E-state index in [0.29, 0.717) is 13.0 Å². The number of aryl methyl sites for hydroxylation is 1. The van der Waals surface area contributed by atoms with Crippen LogP contribution in [-0.2, 0) is 16.0 Å². The fourth-order valence-corrected chi connectivity index (χ4v) is 4.71. The van der Waals surface area contributed by atoms with E-state index < -0.39 is 0 Å². The first kappa shape index (κ1) is 20.8. The Labute approximate surface area is 181 Å². The molecule has 7 heteroatoms. The molecule has 158 valence electrons. The van der Waals surface area contributed by atoms with E-state index in [-0.39, 0.29) is 5.91 Å². The third-order valence-corrected chi connectivity index (χ3v) is 6.52. The molecule has 2 aromatic carbocycles. The van der Waals surface area contributed by atoms with Crippen LogP contribution in [0.15, 0.2) is 48.5 Å². The van der Waals surface area contributed by atoms with Crippen molar-refractivity contribution in [3.63, 3.8) is 0 Å². The van der Waals surface area contributed by atoms with Crippen LogP contribution in [0.3, 0.4) is 0 Å². The van der Waals surface area contributed by atoms with Gasteiger partial charge in [0.1, 0.15) is 18.8 Å². The van der Waals surface area contributed by atoms with Gasteiger partial charge in [0.25, 0.3) is 0 Å². The maximum Gasteiger partial charge on any atom is 0.229 e. The Morgan fingerprint density at radius 2 is 2.00 bits per heavy atom. The number of fused-ring (bicyclic) bond motifs is 1. The minimum absolute atomic E-state index is 0.123. The number of carbonyl (C=O) groups is 1. The highest BCUT2D eigenvalue weighted by molar-refractivity contribution is 7.22. The Balaban J connectivity index is 1.51. The Bertz CT molecular complexity index is 970. The van der Waals surface area contributed by atoms with Gasteiger partial charge in [0, 0.05) is 6.42 Å². The fourth-order valence-electron chi connectivity index (χ4n) is 3.67. The number of hydrogen-bond acceptors (Lipinski definition) is 5. The van der Waals surface area contributed by atoms with E-state index >= 15 is 0 Å². The predicted octanol–water partition coefficient (Wildman–Crippen LogP) is 2.19. The van der Waals surface area contributed by atoms with E-state index in [2.05, 4.69) is 12.1 Å². The molecule has 1 aliphatic rings. The molecule has 1 saturated heterocycles. The lowest BCUT2D eigenvalue weighted by Crippen LogP contribution is -3.14. The number of thiazole rings is 1. The number of quaternary nitrogens is 1. The summed E-state index contributed by atoms with van der Waals surface area (Å²) in [5.74, 6) is 0.926. The number of ether oxygens (including phenoxy) is 2. The zero-order valence-electron chi connectivity index (χ0n) is 17.3. The SMILES string of the molecule is COc1ccc2nc(N(CC[NH+]3CCOCC3)C(=O)CCc3ccccc3)sc2c1. The normalized spacial score (nSPS) is 14.7. The molecule has 0 atom stereocenters. The average Bonchev–Trinajstić information content (AvgIpc) is 3.22. The topological polar surface area (TPSA) is 56.1 Å². The summed E-state index contributed by atoms with van der Waals surface area (Å²) in [4.78, 5) is 21.3. The number of methoxy groups -OCH3 is 1. The van der Waals surface area contributed by atoms with Crippen LogP contribution >= 0.6 is 11.3 Å². The van der Waals surface area contributed by atoms with Crippen molar-refractivity contribution >= 4 is 32.6 Å². The van der Waals surface area contributed by atoms with Gasteiger partial charge in [-0.05, 0) is 30.2 Å². The summed E-state index contributed by atoms with van der Waals surface area (Å²) >= 11 is 1.55. The summed E-state index contributed by atoms with van der Waals surface area (Å²) in [5.41, 5.74) is 2.08. The first-order valence-electron chi connectivity index (χ1n) is 10.4. The summed E-state index contributed by atoms with van der Waals surface area (Å²) in [6.07, 6.45) is 1.21. The van der Waals surface area contributed by atoms with Gasteiger partial charge in [-0.15, -0.1) is 0 Å². The maximum atomic E-state index is 13.2. The van der Waals surface area contributed by atoms with Crippen LogP contribution in [0.1, 0.15) is 12.0 Å². The Morgan fingerprint density at radius 3 is 2.77 bits per heavy atom. The number of hydrogen-bond donors (Lipinski definition) is 1. The molecule has 0 aliphatic carbocycles. The Kier molecular flexibility index (Phi) is 6.94. The van der Waals surface area contributed by atoms with Gasteiger partial charge in [0.2, 0.25) is 5.91 Å². The molecule has 30 heavy (non-hydrogen) atoms. The summed E-state index contributed by atoms with van der Waals surface area (Å²) in [6, 6.07) is 16.0. The van der Waals surface area contributed by atoms with Crippen molar-refractivity contribution in [2.45, 2.75) is 12.8 Å². The molecular formula is C23H28N3O3S+. The van der Waals surface area contributed by atoms with Gasteiger partial charge in [-0.2, -0.15) is 0 Å². The van der Waals surface area contributed by atoms with Gasteiger partial charge >= 0.3 is 0 Å². The second kappa shape index (κ2) is 10.0. The third-order valence-electron chi connectivity index (χ3n) is 5.48. The standard InChI is InChI=1S/C23H27N3O3S/c1-28-19-8-9-20-21(17-19)30-23(24-20)26(12-11-25-13-15-29-16-14-25)22(27)10-7-18-5-3-2-4-6-18/h2-6,8-9,17H,7,10-16H2,1H3/p+1. The van der Waals surface area contributed by atoms with Crippen LogP contribution in [0.5, 0.6) is 5.75 Å². The van der Waals surface area contributed by atoms with Crippen LogP contribution in [-0.4, -0.2) is 57.4 Å². The van der Waals surface area contributed by atoms with Crippen molar-refractivity contribution in [2.75, 3.05) is 51.4 Å². The molecule has 1 amide bonds. The molecule has 0 saturated carbocycles. The first-order valence-corrected chi connectivity index (χ1v) is 11.2. The van der Waals surface area contributed by atoms with Gasteiger partial charge in [-0.3, -0.25) is 9.69 Å². The Morgan fingerprint density at radius 1 is 1.20 bits per heavy atom. The van der Waals surface area contributed by atoms with Gasteiger partial charge in [0.05, 0.1) is 43.6 Å². The van der Waals surface area contributed by atoms with Crippen molar-refractivity contribution in [3.8, 4) is 5.75 Å². The summed E-state index contributed by atoms with van der Waals surface area (Å²) in [5, 5.41) is 0.768. The summed E-state index contributed by atoms with van der Waals surface area (Å²) < 4.78 is 11.8. The highest BCUT2D eigenvalue weighted by Crippen LogP contribution is 2.31. The number of morpholine rings is 1. The second-order valence-electron chi connectivity index (χ2n) is 7.47. The number of benzene rings is 2. The molecule has 1 N–H and O–H groups in total. The van der Waals surface area contributed by atoms with Gasteiger partial charge in [-0.1, -0.05) is 41.7 Å². The van der Waals surface area contributed by atoms with E-state index in [1.54, 1.807) is 18.4 Å². The molecule has 2 heterocycles. The molecule has 0 spiro atoms. The lowest BCUT2D eigenvalue weighted by Gasteiger charge is -2.27. The number of aromatic nitrogens is 1. The lowest BCUT2D eigenvalue weighted by molar-refractivity contribution is -0.906. The van der Waals surface area contributed by atoms with Gasteiger partial charge < -0.3 is 14.4 Å². The van der Waals surface area contributed by atoms with Crippen LogP contribution in [0, 0.1) is 0 Å². The summed E-state index contributed by atoms with van der Waals surface area (Å²) in [7, 11) is 1.66. The van der Waals surface area contributed by atoms with E-state index in [0.717, 1.165) is 60.4 Å². The molecule has 0 unspecified atom stereocenters. The zero-order valence-corrected chi connectivity index (χ0v) is 18.1. The van der Waals surface area contributed by atoms with Gasteiger partial charge in [0.15, 0.2) is 5.13 Å². The van der Waals surface area contributed by atoms with Crippen LogP contribution in [0.4, 0.5) is 5.13 Å². The monoisotopic (exact) mass is 426 g/mol. The van der Waals surface area contributed by atoms with Crippen molar-refractivity contribution < 1.29 is 19.2 Å². The third kappa shape index (κ3) is 5.16. The molecule has 6 nitrogen and oxygen atoms in total. The largest absolute Gasteiger partial charge is 0.497 e.